The van der Waals surface area contributed by atoms with Crippen molar-refractivity contribution in [2.75, 3.05) is 26.8 Å². The number of amides is 2. The summed E-state index contributed by atoms with van der Waals surface area (Å²) in [5, 5.41) is 3.06. The maximum atomic E-state index is 12.5. The standard InChI is InChI=1S/C18H24N2O4/c1-23-15-6-4-13(5-7-15)18(22)20-10-8-14(9-11-20)19-17(21)16-3-2-12-24-16/h4-7,14,16H,2-3,8-12H2,1H3,(H,19,21). The van der Waals surface area contributed by atoms with Crippen molar-refractivity contribution in [2.45, 2.75) is 37.8 Å². The van der Waals surface area contributed by atoms with E-state index in [1.54, 1.807) is 31.4 Å². The van der Waals surface area contributed by atoms with Crippen LogP contribution in [0.1, 0.15) is 36.0 Å². The van der Waals surface area contributed by atoms with Gasteiger partial charge in [-0.1, -0.05) is 0 Å². The smallest absolute Gasteiger partial charge is 0.253 e. The minimum atomic E-state index is -0.288. The second kappa shape index (κ2) is 7.66. The molecule has 130 valence electrons. The lowest BCUT2D eigenvalue weighted by Gasteiger charge is -2.33. The van der Waals surface area contributed by atoms with Crippen molar-refractivity contribution in [1.82, 2.24) is 10.2 Å². The molecule has 1 aromatic carbocycles. The van der Waals surface area contributed by atoms with Gasteiger partial charge in [0.05, 0.1) is 7.11 Å². The van der Waals surface area contributed by atoms with E-state index in [1.807, 2.05) is 4.90 Å². The fourth-order valence-corrected chi connectivity index (χ4v) is 3.22. The third-order valence-electron chi connectivity index (χ3n) is 4.69. The van der Waals surface area contributed by atoms with Crippen molar-refractivity contribution in [2.24, 2.45) is 0 Å². The Kier molecular flexibility index (Phi) is 5.35. The molecule has 2 aliphatic heterocycles. The first kappa shape index (κ1) is 16.8. The van der Waals surface area contributed by atoms with Crippen molar-refractivity contribution < 1.29 is 19.1 Å². The summed E-state index contributed by atoms with van der Waals surface area (Å²) in [6, 6.07) is 7.28. The first-order valence-electron chi connectivity index (χ1n) is 8.52. The summed E-state index contributed by atoms with van der Waals surface area (Å²) >= 11 is 0. The zero-order valence-electron chi connectivity index (χ0n) is 14.0. The van der Waals surface area contributed by atoms with Crippen LogP contribution in [-0.4, -0.2) is 55.7 Å². The van der Waals surface area contributed by atoms with Crippen LogP contribution < -0.4 is 10.1 Å². The lowest BCUT2D eigenvalue weighted by Crippen LogP contribution is -2.48. The van der Waals surface area contributed by atoms with Gasteiger partial charge in [-0.15, -0.1) is 0 Å². The predicted molar refractivity (Wildman–Crippen MR) is 89.0 cm³/mol. The minimum Gasteiger partial charge on any atom is -0.497 e. The lowest BCUT2D eigenvalue weighted by atomic mass is 10.0. The number of methoxy groups -OCH3 is 1. The average molecular weight is 332 g/mol. The maximum Gasteiger partial charge on any atom is 0.253 e. The third-order valence-corrected chi connectivity index (χ3v) is 4.69. The minimum absolute atomic E-state index is 0.00701. The molecule has 0 aliphatic carbocycles. The van der Waals surface area contributed by atoms with Gasteiger partial charge >= 0.3 is 0 Å². The number of carbonyl (C=O) groups is 2. The van der Waals surface area contributed by atoms with Crippen molar-refractivity contribution in [1.29, 1.82) is 0 Å². The van der Waals surface area contributed by atoms with E-state index in [-0.39, 0.29) is 24.0 Å². The van der Waals surface area contributed by atoms with Crippen molar-refractivity contribution in [3.8, 4) is 5.75 Å². The van der Waals surface area contributed by atoms with Crippen LogP contribution in [-0.2, 0) is 9.53 Å². The van der Waals surface area contributed by atoms with E-state index in [0.29, 0.717) is 25.3 Å². The second-order valence-corrected chi connectivity index (χ2v) is 6.31. The number of nitrogens with one attached hydrogen (secondary N) is 1. The molecule has 2 fully saturated rings. The van der Waals surface area contributed by atoms with E-state index in [0.717, 1.165) is 31.4 Å². The van der Waals surface area contributed by atoms with Crippen LogP contribution in [0.5, 0.6) is 5.75 Å². The van der Waals surface area contributed by atoms with Gasteiger partial charge in [0.15, 0.2) is 0 Å². The number of hydrogen-bond acceptors (Lipinski definition) is 4. The highest BCUT2D eigenvalue weighted by molar-refractivity contribution is 5.94. The summed E-state index contributed by atoms with van der Waals surface area (Å²) in [6.45, 7) is 1.98. The van der Waals surface area contributed by atoms with E-state index in [2.05, 4.69) is 5.32 Å². The van der Waals surface area contributed by atoms with Gasteiger partial charge < -0.3 is 19.7 Å². The van der Waals surface area contributed by atoms with Gasteiger partial charge in [-0.2, -0.15) is 0 Å². The highest BCUT2D eigenvalue weighted by atomic mass is 16.5. The Hall–Kier alpha value is -2.08. The zero-order chi connectivity index (χ0) is 16.9. The molecule has 0 bridgehead atoms. The van der Waals surface area contributed by atoms with E-state index >= 15 is 0 Å². The van der Waals surface area contributed by atoms with Gasteiger partial charge in [-0.05, 0) is 49.9 Å². The summed E-state index contributed by atoms with van der Waals surface area (Å²) in [4.78, 5) is 26.4. The second-order valence-electron chi connectivity index (χ2n) is 6.31. The quantitative estimate of drug-likeness (QED) is 0.909. The van der Waals surface area contributed by atoms with Gasteiger partial charge in [-0.25, -0.2) is 0 Å². The number of ether oxygens (including phenoxy) is 2. The fraction of sp³-hybridized carbons (Fsp3) is 0.556. The van der Waals surface area contributed by atoms with Crippen LogP contribution in [0.4, 0.5) is 0 Å². The molecular formula is C18H24N2O4. The van der Waals surface area contributed by atoms with E-state index in [9.17, 15) is 9.59 Å². The number of hydrogen-bond donors (Lipinski definition) is 1. The molecule has 6 nitrogen and oxygen atoms in total. The van der Waals surface area contributed by atoms with Gasteiger partial charge in [0.2, 0.25) is 5.91 Å². The molecule has 0 spiro atoms. The monoisotopic (exact) mass is 332 g/mol. The molecule has 1 atom stereocenters. The topological polar surface area (TPSA) is 67.9 Å². The Bertz CT molecular complexity index is 573. The Morgan fingerprint density at radius 3 is 2.46 bits per heavy atom. The van der Waals surface area contributed by atoms with E-state index in [1.165, 1.54) is 0 Å². The van der Waals surface area contributed by atoms with E-state index < -0.39 is 0 Å². The number of benzene rings is 1. The van der Waals surface area contributed by atoms with Crippen molar-refractivity contribution in [3.05, 3.63) is 29.8 Å². The largest absolute Gasteiger partial charge is 0.497 e. The average Bonchev–Trinajstić information content (AvgIpc) is 3.17. The van der Waals surface area contributed by atoms with Crippen LogP contribution in [0.15, 0.2) is 24.3 Å². The normalized spacial score (nSPS) is 21.5. The molecule has 6 heteroatoms. The van der Waals surface area contributed by atoms with Gasteiger partial charge in [-0.3, -0.25) is 9.59 Å². The third kappa shape index (κ3) is 3.87. The summed E-state index contributed by atoms with van der Waals surface area (Å²) in [5.41, 5.74) is 0.664. The molecule has 1 unspecified atom stereocenters. The van der Waals surface area contributed by atoms with Crippen LogP contribution in [0.25, 0.3) is 0 Å². The van der Waals surface area contributed by atoms with E-state index in [4.69, 9.17) is 9.47 Å². The SMILES string of the molecule is COc1ccc(C(=O)N2CCC(NC(=O)C3CCCO3)CC2)cc1. The predicted octanol–water partition coefficient (Wildman–Crippen LogP) is 1.59. The summed E-state index contributed by atoms with van der Waals surface area (Å²) in [7, 11) is 1.60. The Morgan fingerprint density at radius 1 is 1.17 bits per heavy atom. The molecule has 0 aromatic heterocycles. The molecule has 2 heterocycles. The highest BCUT2D eigenvalue weighted by Gasteiger charge is 2.28. The van der Waals surface area contributed by atoms with Gasteiger partial charge in [0, 0.05) is 31.3 Å². The molecule has 2 amide bonds. The summed E-state index contributed by atoms with van der Waals surface area (Å²) in [5.74, 6) is 0.760. The molecular weight excluding hydrogens is 308 g/mol. The maximum absolute atomic E-state index is 12.5. The molecule has 3 rings (SSSR count). The molecule has 0 saturated carbocycles. The first-order valence-corrected chi connectivity index (χ1v) is 8.52. The van der Waals surface area contributed by atoms with Crippen LogP contribution >= 0.6 is 0 Å². The summed E-state index contributed by atoms with van der Waals surface area (Å²) < 4.78 is 10.5. The van der Waals surface area contributed by atoms with Crippen molar-refractivity contribution >= 4 is 11.8 Å². The molecule has 1 aromatic rings. The molecule has 0 radical (unpaired) electrons. The lowest BCUT2D eigenvalue weighted by molar-refractivity contribution is -0.131. The highest BCUT2D eigenvalue weighted by Crippen LogP contribution is 2.18. The Balaban J connectivity index is 1.48. The number of likely N-dealkylation sites (tertiary alicyclic amines) is 1. The van der Waals surface area contributed by atoms with Crippen LogP contribution in [0, 0.1) is 0 Å². The molecule has 2 saturated heterocycles. The molecule has 1 N–H and O–H groups in total. The first-order chi connectivity index (χ1) is 11.7. The Morgan fingerprint density at radius 2 is 1.88 bits per heavy atom. The number of carbonyl (C=O) groups excluding carboxylic acids is 2. The van der Waals surface area contributed by atoms with Gasteiger partial charge in [0.25, 0.3) is 5.91 Å². The van der Waals surface area contributed by atoms with Crippen LogP contribution in [0.3, 0.4) is 0 Å². The van der Waals surface area contributed by atoms with Gasteiger partial charge in [0.1, 0.15) is 11.9 Å². The van der Waals surface area contributed by atoms with Crippen molar-refractivity contribution in [3.63, 3.8) is 0 Å². The fourth-order valence-electron chi connectivity index (χ4n) is 3.22. The number of nitrogens with zero attached hydrogens (tertiary/aromatic N) is 1. The summed E-state index contributed by atoms with van der Waals surface area (Å²) in [6.07, 6.45) is 3.03. The molecule has 2 aliphatic rings. The molecule has 24 heavy (non-hydrogen) atoms. The van der Waals surface area contributed by atoms with Crippen LogP contribution in [0.2, 0.25) is 0 Å². The number of rotatable bonds is 4. The zero-order valence-corrected chi connectivity index (χ0v) is 14.0. The number of piperidine rings is 1. The Labute approximate surface area is 142 Å².